The molecule has 0 atom stereocenters. The van der Waals surface area contributed by atoms with Gasteiger partial charge in [-0.25, -0.2) is 0 Å². The highest BCUT2D eigenvalue weighted by atomic mass is 35.5. The van der Waals surface area contributed by atoms with Crippen LogP contribution < -0.4 is 0 Å². The fourth-order valence-electron chi connectivity index (χ4n) is 2.26. The van der Waals surface area contributed by atoms with Crippen LogP contribution in [0.1, 0.15) is 15.9 Å². The minimum Gasteiger partial charge on any atom is -0.507 e. The molecule has 0 heterocycles. The van der Waals surface area contributed by atoms with Crippen molar-refractivity contribution in [1.82, 2.24) is 0 Å². The maximum Gasteiger partial charge on any atom is 0.234 e. The molecule has 0 unspecified atom stereocenters. The van der Waals surface area contributed by atoms with E-state index in [9.17, 15) is 14.7 Å². The molecule has 0 amide bonds. The molecule has 2 aromatic rings. The van der Waals surface area contributed by atoms with Crippen molar-refractivity contribution in [3.63, 3.8) is 0 Å². The zero-order chi connectivity index (χ0) is 15.7. The number of carbonyl (C=O) groups is 2. The number of benzene rings is 2. The molecule has 3 rings (SSSR count). The summed E-state index contributed by atoms with van der Waals surface area (Å²) in [6.07, 6.45) is 0. The van der Waals surface area contributed by atoms with Gasteiger partial charge in [-0.05, 0) is 18.2 Å². The third kappa shape index (κ3) is 2.67. The molecule has 1 aliphatic rings. The Morgan fingerprint density at radius 3 is 2.41 bits per heavy atom. The van der Waals surface area contributed by atoms with Crippen LogP contribution in [0.15, 0.2) is 59.0 Å². The van der Waals surface area contributed by atoms with Gasteiger partial charge in [0.15, 0.2) is 0 Å². The molecule has 0 saturated carbocycles. The van der Waals surface area contributed by atoms with Gasteiger partial charge in [0.05, 0.1) is 5.57 Å². The Morgan fingerprint density at radius 2 is 1.68 bits per heavy atom. The van der Waals surface area contributed by atoms with E-state index in [0.29, 0.717) is 10.6 Å². The molecule has 110 valence electrons. The quantitative estimate of drug-likeness (QED) is 0.678. The summed E-state index contributed by atoms with van der Waals surface area (Å²) in [6, 6.07) is 13.8. The van der Waals surface area contributed by atoms with Gasteiger partial charge in [-0.3, -0.25) is 9.59 Å². The van der Waals surface area contributed by atoms with E-state index >= 15 is 0 Å². The lowest BCUT2D eigenvalue weighted by molar-refractivity contribution is -0.111. The summed E-state index contributed by atoms with van der Waals surface area (Å²) < 4.78 is 0. The fourth-order valence-corrected chi connectivity index (χ4v) is 3.48. The van der Waals surface area contributed by atoms with E-state index in [2.05, 4.69) is 0 Å². The third-order valence-electron chi connectivity index (χ3n) is 3.37. The average molecular weight is 331 g/mol. The molecular formula is C17H11ClO3S. The van der Waals surface area contributed by atoms with E-state index in [-0.39, 0.29) is 22.6 Å². The Bertz CT molecular complexity index is 811. The molecule has 0 aromatic heterocycles. The summed E-state index contributed by atoms with van der Waals surface area (Å²) in [7, 11) is 0. The van der Waals surface area contributed by atoms with Gasteiger partial charge in [0, 0.05) is 26.8 Å². The highest BCUT2D eigenvalue weighted by Gasteiger charge is 2.32. The van der Waals surface area contributed by atoms with Crippen molar-refractivity contribution in [2.45, 2.75) is 4.90 Å². The van der Waals surface area contributed by atoms with Crippen molar-refractivity contribution in [2.24, 2.45) is 0 Å². The second-order valence-electron chi connectivity index (χ2n) is 4.78. The summed E-state index contributed by atoms with van der Waals surface area (Å²) in [5, 5.41) is 10.9. The fraction of sp³-hybridized carbons (Fsp3) is 0.0588. The minimum absolute atomic E-state index is 0.116. The molecule has 2 aromatic carbocycles. The van der Waals surface area contributed by atoms with Crippen LogP contribution in [0.2, 0.25) is 5.02 Å². The summed E-state index contributed by atoms with van der Waals surface area (Å²) in [5.74, 6) is -1.12. The number of fused-ring (bicyclic) bond motifs is 1. The Labute approximate surface area is 136 Å². The number of ketones is 2. The number of aliphatic hydroxyl groups excluding tert-OH is 1. The lowest BCUT2D eigenvalue weighted by Crippen LogP contribution is -2.25. The van der Waals surface area contributed by atoms with Crippen molar-refractivity contribution in [1.29, 1.82) is 0 Å². The van der Waals surface area contributed by atoms with E-state index in [1.165, 1.54) is 11.8 Å². The second kappa shape index (κ2) is 5.99. The maximum atomic E-state index is 12.2. The number of rotatable bonds is 3. The SMILES string of the molecule is O=C1C(=O)c2ccccc2C(O)=C1CSc1cccc(Cl)c1. The summed E-state index contributed by atoms with van der Waals surface area (Å²) in [5.41, 5.74) is 0.795. The minimum atomic E-state index is -0.647. The van der Waals surface area contributed by atoms with Crippen LogP contribution in [-0.4, -0.2) is 22.4 Å². The first-order valence-electron chi connectivity index (χ1n) is 6.57. The van der Waals surface area contributed by atoms with Crippen LogP contribution in [0.3, 0.4) is 0 Å². The Hall–Kier alpha value is -2.04. The number of hydrogen-bond acceptors (Lipinski definition) is 4. The van der Waals surface area contributed by atoms with Crippen LogP contribution in [0, 0.1) is 0 Å². The van der Waals surface area contributed by atoms with E-state index in [1.807, 2.05) is 12.1 Å². The summed E-state index contributed by atoms with van der Waals surface area (Å²) >= 11 is 7.27. The van der Waals surface area contributed by atoms with Gasteiger partial charge in [0.1, 0.15) is 5.76 Å². The monoisotopic (exact) mass is 330 g/mol. The van der Waals surface area contributed by atoms with Crippen molar-refractivity contribution in [2.75, 3.05) is 5.75 Å². The van der Waals surface area contributed by atoms with Crippen LogP contribution in [0.4, 0.5) is 0 Å². The van der Waals surface area contributed by atoms with Gasteiger partial charge in [-0.2, -0.15) is 0 Å². The van der Waals surface area contributed by atoms with E-state index in [0.717, 1.165) is 4.90 Å². The number of Topliss-reactive ketones (excluding diaryl/α,β-unsaturated/α-hetero) is 2. The van der Waals surface area contributed by atoms with Gasteiger partial charge in [-0.1, -0.05) is 41.9 Å². The molecule has 3 nitrogen and oxygen atoms in total. The lowest BCUT2D eigenvalue weighted by atomic mass is 9.89. The van der Waals surface area contributed by atoms with E-state index in [1.54, 1.807) is 36.4 Å². The maximum absolute atomic E-state index is 12.2. The molecule has 1 aliphatic carbocycles. The first-order valence-corrected chi connectivity index (χ1v) is 7.93. The second-order valence-corrected chi connectivity index (χ2v) is 6.26. The van der Waals surface area contributed by atoms with Gasteiger partial charge in [0.25, 0.3) is 0 Å². The number of thioether (sulfide) groups is 1. The number of halogens is 1. The van der Waals surface area contributed by atoms with Crippen molar-refractivity contribution >= 4 is 40.7 Å². The molecule has 0 fully saturated rings. The lowest BCUT2D eigenvalue weighted by Gasteiger charge is -2.17. The number of hydrogen-bond donors (Lipinski definition) is 1. The van der Waals surface area contributed by atoms with Gasteiger partial charge in [-0.15, -0.1) is 11.8 Å². The number of aliphatic hydroxyl groups is 1. The molecule has 0 spiro atoms. The molecule has 5 heteroatoms. The number of carbonyl (C=O) groups excluding carboxylic acids is 2. The van der Waals surface area contributed by atoms with Crippen molar-refractivity contribution in [3.05, 3.63) is 70.3 Å². The van der Waals surface area contributed by atoms with Crippen molar-refractivity contribution < 1.29 is 14.7 Å². The zero-order valence-electron chi connectivity index (χ0n) is 11.4. The largest absolute Gasteiger partial charge is 0.507 e. The molecule has 0 saturated heterocycles. The normalized spacial score (nSPS) is 14.2. The van der Waals surface area contributed by atoms with Gasteiger partial charge < -0.3 is 5.11 Å². The molecular weight excluding hydrogens is 320 g/mol. The summed E-state index contributed by atoms with van der Waals surface area (Å²) in [4.78, 5) is 25.2. The smallest absolute Gasteiger partial charge is 0.234 e. The van der Waals surface area contributed by atoms with Gasteiger partial charge in [0.2, 0.25) is 11.6 Å². The Kier molecular flexibility index (Phi) is 4.05. The predicted molar refractivity (Wildman–Crippen MR) is 87.5 cm³/mol. The average Bonchev–Trinajstić information content (AvgIpc) is 2.53. The Morgan fingerprint density at radius 1 is 0.955 bits per heavy atom. The van der Waals surface area contributed by atoms with Crippen LogP contribution in [0.5, 0.6) is 0 Å². The Balaban J connectivity index is 1.92. The third-order valence-corrected chi connectivity index (χ3v) is 4.63. The first kappa shape index (κ1) is 14.9. The highest BCUT2D eigenvalue weighted by molar-refractivity contribution is 7.99. The van der Waals surface area contributed by atoms with Crippen LogP contribution in [-0.2, 0) is 4.79 Å². The van der Waals surface area contributed by atoms with Crippen LogP contribution in [0.25, 0.3) is 5.76 Å². The summed E-state index contributed by atoms with van der Waals surface area (Å²) in [6.45, 7) is 0. The predicted octanol–water partition coefficient (Wildman–Crippen LogP) is 4.17. The van der Waals surface area contributed by atoms with E-state index < -0.39 is 11.6 Å². The zero-order valence-corrected chi connectivity index (χ0v) is 12.9. The van der Waals surface area contributed by atoms with E-state index in [4.69, 9.17) is 11.6 Å². The molecule has 0 radical (unpaired) electrons. The van der Waals surface area contributed by atoms with Gasteiger partial charge >= 0.3 is 0 Å². The molecule has 1 N–H and O–H groups in total. The topological polar surface area (TPSA) is 54.4 Å². The van der Waals surface area contributed by atoms with Crippen LogP contribution >= 0.6 is 23.4 Å². The first-order chi connectivity index (χ1) is 10.6. The molecule has 0 bridgehead atoms. The standard InChI is InChI=1S/C17H11ClO3S/c18-10-4-3-5-11(8-10)22-9-14-15(19)12-6-1-2-7-13(12)16(20)17(14)21/h1-8,19H,9H2. The molecule has 0 aliphatic heterocycles. The highest BCUT2D eigenvalue weighted by Crippen LogP contribution is 2.31. The molecule has 22 heavy (non-hydrogen) atoms. The van der Waals surface area contributed by atoms with Crippen molar-refractivity contribution in [3.8, 4) is 0 Å².